The van der Waals surface area contributed by atoms with Crippen LogP contribution in [0.15, 0.2) is 42.5 Å². The number of aryl methyl sites for hydroxylation is 1. The molecule has 0 saturated carbocycles. The minimum absolute atomic E-state index is 0.172. The van der Waals surface area contributed by atoms with Gasteiger partial charge in [0.1, 0.15) is 11.9 Å². The number of halogens is 1. The third-order valence-corrected chi connectivity index (χ3v) is 5.41. The fourth-order valence-electron chi connectivity index (χ4n) is 2.78. The number of nitrogens with zero attached hydrogens (tertiary/aromatic N) is 1. The Kier molecular flexibility index (Phi) is 6.97. The molecule has 2 aromatic carbocycles. The highest BCUT2D eigenvalue weighted by molar-refractivity contribution is 7.92. The van der Waals surface area contributed by atoms with Crippen molar-refractivity contribution < 1.29 is 27.1 Å². The van der Waals surface area contributed by atoms with Crippen LogP contribution in [0.1, 0.15) is 29.8 Å². The topological polar surface area (TPSA) is 92.8 Å². The number of carbonyl (C=O) groups is 2. The molecule has 0 heterocycles. The van der Waals surface area contributed by atoms with Gasteiger partial charge in [-0.05, 0) is 68.8 Å². The van der Waals surface area contributed by atoms with E-state index < -0.39 is 33.8 Å². The lowest BCUT2D eigenvalue weighted by atomic mass is 10.1. The highest BCUT2D eigenvalue weighted by Crippen LogP contribution is 2.23. The van der Waals surface area contributed by atoms with Gasteiger partial charge in [-0.3, -0.25) is 9.10 Å². The largest absolute Gasteiger partial charge is 0.462 e. The van der Waals surface area contributed by atoms with Crippen molar-refractivity contribution >= 4 is 33.3 Å². The van der Waals surface area contributed by atoms with Gasteiger partial charge in [0, 0.05) is 5.69 Å². The monoisotopic (exact) mass is 422 g/mol. The smallest absolute Gasteiger partial charge is 0.338 e. The van der Waals surface area contributed by atoms with E-state index >= 15 is 0 Å². The number of hydrogen-bond acceptors (Lipinski definition) is 5. The summed E-state index contributed by atoms with van der Waals surface area (Å²) in [7, 11) is -3.81. The van der Waals surface area contributed by atoms with Gasteiger partial charge in [-0.15, -0.1) is 0 Å². The molecule has 1 N–H and O–H groups in total. The van der Waals surface area contributed by atoms with E-state index in [1.165, 1.54) is 25.1 Å². The molecule has 0 radical (unpaired) electrons. The van der Waals surface area contributed by atoms with Crippen LogP contribution in [0.5, 0.6) is 0 Å². The van der Waals surface area contributed by atoms with E-state index in [0.717, 1.165) is 22.7 Å². The van der Waals surface area contributed by atoms with Gasteiger partial charge in [0.2, 0.25) is 15.9 Å². The first kappa shape index (κ1) is 22.4. The van der Waals surface area contributed by atoms with Crippen molar-refractivity contribution in [3.63, 3.8) is 0 Å². The van der Waals surface area contributed by atoms with E-state index in [0.29, 0.717) is 16.8 Å². The average molecular weight is 422 g/mol. The number of carbonyl (C=O) groups excluding carboxylic acids is 2. The number of esters is 1. The second-order valence-electron chi connectivity index (χ2n) is 6.45. The lowest BCUT2D eigenvalue weighted by Gasteiger charge is -2.28. The SMILES string of the molecule is CCOC(=O)c1ccc(NC(=O)C(C)N(c2ccc(F)cc2)S(C)(=O)=O)c(C)c1. The predicted molar refractivity (Wildman–Crippen MR) is 109 cm³/mol. The van der Waals surface area contributed by atoms with Crippen molar-refractivity contribution in [3.05, 3.63) is 59.4 Å². The molecular weight excluding hydrogens is 399 g/mol. The van der Waals surface area contributed by atoms with E-state index in [-0.39, 0.29) is 12.3 Å². The van der Waals surface area contributed by atoms with Crippen LogP contribution in [0.3, 0.4) is 0 Å². The molecule has 0 saturated heterocycles. The Hall–Kier alpha value is -2.94. The quantitative estimate of drug-likeness (QED) is 0.692. The van der Waals surface area contributed by atoms with Crippen LogP contribution in [0.4, 0.5) is 15.8 Å². The van der Waals surface area contributed by atoms with E-state index in [9.17, 15) is 22.4 Å². The van der Waals surface area contributed by atoms with Gasteiger partial charge in [0.05, 0.1) is 24.1 Å². The number of ether oxygens (including phenoxy) is 1. The lowest BCUT2D eigenvalue weighted by Crippen LogP contribution is -2.45. The molecule has 0 aliphatic carbocycles. The van der Waals surface area contributed by atoms with Crippen molar-refractivity contribution in [2.75, 3.05) is 22.5 Å². The Morgan fingerprint density at radius 1 is 1.17 bits per heavy atom. The van der Waals surface area contributed by atoms with Crippen LogP contribution in [-0.2, 0) is 19.6 Å². The summed E-state index contributed by atoms with van der Waals surface area (Å²) in [5, 5.41) is 2.67. The van der Waals surface area contributed by atoms with Crippen LogP contribution >= 0.6 is 0 Å². The average Bonchev–Trinajstić information content (AvgIpc) is 2.64. The Morgan fingerprint density at radius 3 is 2.31 bits per heavy atom. The number of benzene rings is 2. The summed E-state index contributed by atoms with van der Waals surface area (Å²) >= 11 is 0. The predicted octanol–water partition coefficient (Wildman–Crippen LogP) is 3.10. The molecular formula is C20H23FN2O5S. The Morgan fingerprint density at radius 2 is 1.79 bits per heavy atom. The molecule has 2 aromatic rings. The van der Waals surface area contributed by atoms with Crippen molar-refractivity contribution in [1.82, 2.24) is 0 Å². The second-order valence-corrected chi connectivity index (χ2v) is 8.31. The Labute approximate surface area is 169 Å². The molecule has 156 valence electrons. The normalized spacial score (nSPS) is 12.2. The minimum atomic E-state index is -3.81. The number of nitrogens with one attached hydrogen (secondary N) is 1. The first-order valence-electron chi connectivity index (χ1n) is 8.88. The van der Waals surface area contributed by atoms with Crippen LogP contribution in [0, 0.1) is 12.7 Å². The summed E-state index contributed by atoms with van der Waals surface area (Å²) in [6.07, 6.45) is 0.972. The standard InChI is InChI=1S/C20H23FN2O5S/c1-5-28-20(25)15-6-11-18(13(2)12-15)22-19(24)14(3)23(29(4,26)27)17-9-7-16(21)8-10-17/h6-12,14H,5H2,1-4H3,(H,22,24). The van der Waals surface area contributed by atoms with Crippen LogP contribution in [-0.4, -0.2) is 39.2 Å². The molecule has 0 aliphatic rings. The molecule has 7 nitrogen and oxygen atoms in total. The van der Waals surface area contributed by atoms with E-state index in [1.54, 1.807) is 26.0 Å². The Bertz CT molecular complexity index is 1010. The molecule has 1 atom stereocenters. The maximum Gasteiger partial charge on any atom is 0.338 e. The van der Waals surface area contributed by atoms with E-state index in [1.807, 2.05) is 0 Å². The fourth-order valence-corrected chi connectivity index (χ4v) is 3.95. The van der Waals surface area contributed by atoms with Gasteiger partial charge in [-0.2, -0.15) is 0 Å². The molecule has 0 aliphatic heterocycles. The van der Waals surface area contributed by atoms with Crippen molar-refractivity contribution in [2.45, 2.75) is 26.8 Å². The van der Waals surface area contributed by atoms with Crippen molar-refractivity contribution in [3.8, 4) is 0 Å². The molecule has 0 aromatic heterocycles. The molecule has 1 unspecified atom stereocenters. The van der Waals surface area contributed by atoms with Gasteiger partial charge < -0.3 is 10.1 Å². The third kappa shape index (κ3) is 5.54. The van der Waals surface area contributed by atoms with Crippen LogP contribution in [0.2, 0.25) is 0 Å². The zero-order chi connectivity index (χ0) is 21.8. The van der Waals surface area contributed by atoms with Gasteiger partial charge in [-0.1, -0.05) is 0 Å². The number of anilines is 2. The first-order chi connectivity index (χ1) is 13.5. The molecule has 0 bridgehead atoms. The summed E-state index contributed by atoms with van der Waals surface area (Å²) < 4.78 is 43.6. The zero-order valence-corrected chi connectivity index (χ0v) is 17.4. The summed E-state index contributed by atoms with van der Waals surface area (Å²) in [4.78, 5) is 24.5. The number of hydrogen-bond donors (Lipinski definition) is 1. The van der Waals surface area contributed by atoms with Gasteiger partial charge in [0.15, 0.2) is 0 Å². The van der Waals surface area contributed by atoms with Gasteiger partial charge in [-0.25, -0.2) is 17.6 Å². The van der Waals surface area contributed by atoms with E-state index in [2.05, 4.69) is 5.32 Å². The Balaban J connectivity index is 2.26. The molecule has 29 heavy (non-hydrogen) atoms. The molecule has 9 heteroatoms. The van der Waals surface area contributed by atoms with Gasteiger partial charge in [0.25, 0.3) is 0 Å². The summed E-state index contributed by atoms with van der Waals surface area (Å²) in [6, 6.07) is 8.37. The molecule has 2 rings (SSSR count). The molecule has 0 fully saturated rings. The van der Waals surface area contributed by atoms with Crippen LogP contribution in [0.25, 0.3) is 0 Å². The summed E-state index contributed by atoms with van der Waals surface area (Å²) in [5.74, 6) is -1.57. The number of rotatable bonds is 7. The zero-order valence-electron chi connectivity index (χ0n) is 16.6. The first-order valence-corrected chi connectivity index (χ1v) is 10.7. The van der Waals surface area contributed by atoms with Crippen molar-refractivity contribution in [1.29, 1.82) is 0 Å². The highest BCUT2D eigenvalue weighted by atomic mass is 32.2. The number of amides is 1. The number of sulfonamides is 1. The summed E-state index contributed by atoms with van der Waals surface area (Å²) in [5.41, 5.74) is 1.57. The van der Waals surface area contributed by atoms with Gasteiger partial charge >= 0.3 is 5.97 Å². The summed E-state index contributed by atoms with van der Waals surface area (Å²) in [6.45, 7) is 5.09. The maximum atomic E-state index is 13.2. The van der Waals surface area contributed by atoms with Crippen LogP contribution < -0.4 is 9.62 Å². The second kappa shape index (κ2) is 9.04. The highest BCUT2D eigenvalue weighted by Gasteiger charge is 2.29. The van der Waals surface area contributed by atoms with E-state index in [4.69, 9.17) is 4.74 Å². The molecule has 0 spiro atoms. The minimum Gasteiger partial charge on any atom is -0.462 e. The van der Waals surface area contributed by atoms with Crippen molar-refractivity contribution in [2.24, 2.45) is 0 Å². The lowest BCUT2D eigenvalue weighted by molar-refractivity contribution is -0.116. The maximum absolute atomic E-state index is 13.2. The molecule has 1 amide bonds. The third-order valence-electron chi connectivity index (χ3n) is 4.17. The fraction of sp³-hybridized carbons (Fsp3) is 0.300.